The standard InChI is InChI=1S/C18H23N3O3/c1-18(2,3)10-16(22)20-12-17(23)19-11-14-9-15(21-24-14)13-7-5-4-6-8-13/h4-9H,10-12H2,1-3H3,(H,19,23)(H,20,22). The van der Waals surface area contributed by atoms with E-state index in [4.69, 9.17) is 4.52 Å². The van der Waals surface area contributed by atoms with Crippen LogP contribution < -0.4 is 10.6 Å². The monoisotopic (exact) mass is 329 g/mol. The maximum atomic E-state index is 11.8. The van der Waals surface area contributed by atoms with E-state index in [-0.39, 0.29) is 30.3 Å². The van der Waals surface area contributed by atoms with Crippen LogP contribution >= 0.6 is 0 Å². The second kappa shape index (κ2) is 7.77. The highest BCUT2D eigenvalue weighted by Gasteiger charge is 2.16. The molecule has 1 aromatic heterocycles. The molecule has 128 valence electrons. The normalized spacial score (nSPS) is 11.1. The van der Waals surface area contributed by atoms with Gasteiger partial charge in [-0.05, 0) is 5.41 Å². The zero-order valence-electron chi connectivity index (χ0n) is 14.3. The fraction of sp³-hybridized carbons (Fsp3) is 0.389. The minimum atomic E-state index is -0.269. The van der Waals surface area contributed by atoms with E-state index < -0.39 is 0 Å². The third-order valence-corrected chi connectivity index (χ3v) is 3.23. The van der Waals surface area contributed by atoms with Gasteiger partial charge in [-0.1, -0.05) is 56.3 Å². The van der Waals surface area contributed by atoms with E-state index in [1.54, 1.807) is 6.07 Å². The lowest BCUT2D eigenvalue weighted by Gasteiger charge is -2.17. The van der Waals surface area contributed by atoms with Crippen molar-refractivity contribution >= 4 is 11.8 Å². The molecule has 0 saturated carbocycles. The van der Waals surface area contributed by atoms with Gasteiger partial charge in [-0.15, -0.1) is 0 Å². The number of rotatable bonds is 6. The van der Waals surface area contributed by atoms with Crippen LogP contribution in [0.3, 0.4) is 0 Å². The van der Waals surface area contributed by atoms with E-state index in [0.29, 0.717) is 12.2 Å². The fourth-order valence-electron chi connectivity index (χ4n) is 2.11. The molecule has 2 aromatic rings. The summed E-state index contributed by atoms with van der Waals surface area (Å²) >= 11 is 0. The summed E-state index contributed by atoms with van der Waals surface area (Å²) in [5.74, 6) is 0.154. The molecule has 1 heterocycles. The molecule has 2 rings (SSSR count). The molecule has 0 aliphatic rings. The molecule has 0 radical (unpaired) electrons. The molecule has 0 spiro atoms. The molecule has 0 fully saturated rings. The maximum absolute atomic E-state index is 11.8. The van der Waals surface area contributed by atoms with E-state index >= 15 is 0 Å². The number of carbonyl (C=O) groups is 2. The molecule has 1 aromatic carbocycles. The van der Waals surface area contributed by atoms with Crippen molar-refractivity contribution in [3.63, 3.8) is 0 Å². The molecule has 0 aliphatic heterocycles. The molecule has 0 atom stereocenters. The first-order chi connectivity index (χ1) is 11.3. The van der Waals surface area contributed by atoms with Crippen LogP contribution in [-0.2, 0) is 16.1 Å². The third-order valence-electron chi connectivity index (χ3n) is 3.23. The summed E-state index contributed by atoms with van der Waals surface area (Å²) in [6.07, 6.45) is 0.378. The van der Waals surface area contributed by atoms with Crippen molar-refractivity contribution in [2.24, 2.45) is 5.41 Å². The predicted octanol–water partition coefficient (Wildman–Crippen LogP) is 2.51. The van der Waals surface area contributed by atoms with Crippen LogP contribution in [0.5, 0.6) is 0 Å². The van der Waals surface area contributed by atoms with E-state index in [1.807, 2.05) is 51.1 Å². The van der Waals surface area contributed by atoms with Gasteiger partial charge in [-0.25, -0.2) is 0 Å². The van der Waals surface area contributed by atoms with Crippen molar-refractivity contribution in [1.82, 2.24) is 15.8 Å². The van der Waals surface area contributed by atoms with Crippen LogP contribution in [0.4, 0.5) is 0 Å². The molecule has 6 heteroatoms. The van der Waals surface area contributed by atoms with Gasteiger partial charge in [-0.2, -0.15) is 0 Å². The van der Waals surface area contributed by atoms with Gasteiger partial charge in [0, 0.05) is 18.1 Å². The molecular weight excluding hydrogens is 306 g/mol. The summed E-state index contributed by atoms with van der Waals surface area (Å²) < 4.78 is 5.21. The summed E-state index contributed by atoms with van der Waals surface area (Å²) in [4.78, 5) is 23.5. The topological polar surface area (TPSA) is 84.2 Å². The number of nitrogens with one attached hydrogen (secondary N) is 2. The first kappa shape index (κ1) is 17.7. The Labute approximate surface area is 141 Å². The Morgan fingerprint density at radius 3 is 2.46 bits per heavy atom. The number of amides is 2. The molecule has 0 aliphatic carbocycles. The van der Waals surface area contributed by atoms with Gasteiger partial charge >= 0.3 is 0 Å². The number of nitrogens with zero attached hydrogens (tertiary/aromatic N) is 1. The smallest absolute Gasteiger partial charge is 0.239 e. The van der Waals surface area contributed by atoms with Crippen molar-refractivity contribution in [3.05, 3.63) is 42.2 Å². The lowest BCUT2D eigenvalue weighted by molar-refractivity contribution is -0.127. The van der Waals surface area contributed by atoms with Gasteiger partial charge in [0.25, 0.3) is 0 Å². The summed E-state index contributed by atoms with van der Waals surface area (Å²) in [7, 11) is 0. The first-order valence-electron chi connectivity index (χ1n) is 7.88. The van der Waals surface area contributed by atoms with Crippen LogP contribution in [0.1, 0.15) is 33.0 Å². The molecule has 0 unspecified atom stereocenters. The van der Waals surface area contributed by atoms with E-state index in [1.165, 1.54) is 0 Å². The Morgan fingerprint density at radius 2 is 1.79 bits per heavy atom. The molecule has 0 saturated heterocycles. The summed E-state index contributed by atoms with van der Waals surface area (Å²) in [5.41, 5.74) is 1.57. The summed E-state index contributed by atoms with van der Waals surface area (Å²) in [6, 6.07) is 11.4. The van der Waals surface area contributed by atoms with Crippen molar-refractivity contribution < 1.29 is 14.1 Å². The lowest BCUT2D eigenvalue weighted by atomic mass is 9.92. The minimum Gasteiger partial charge on any atom is -0.359 e. The van der Waals surface area contributed by atoms with Crippen LogP contribution in [0.2, 0.25) is 0 Å². The van der Waals surface area contributed by atoms with Gasteiger partial charge in [0.05, 0.1) is 13.1 Å². The van der Waals surface area contributed by atoms with Gasteiger partial charge < -0.3 is 15.2 Å². The van der Waals surface area contributed by atoms with Crippen LogP contribution in [0.15, 0.2) is 40.9 Å². The van der Waals surface area contributed by atoms with Crippen molar-refractivity contribution in [2.75, 3.05) is 6.54 Å². The highest BCUT2D eigenvalue weighted by atomic mass is 16.5. The minimum absolute atomic E-state index is 0.0470. The fourth-order valence-corrected chi connectivity index (χ4v) is 2.11. The number of hydrogen-bond acceptors (Lipinski definition) is 4. The number of aromatic nitrogens is 1. The molecule has 2 N–H and O–H groups in total. The Bertz CT molecular complexity index is 687. The molecular formula is C18H23N3O3. The number of hydrogen-bond donors (Lipinski definition) is 2. The molecule has 2 amide bonds. The van der Waals surface area contributed by atoms with E-state index in [9.17, 15) is 9.59 Å². The Kier molecular flexibility index (Phi) is 5.73. The van der Waals surface area contributed by atoms with Crippen molar-refractivity contribution in [2.45, 2.75) is 33.7 Å². The Morgan fingerprint density at radius 1 is 1.08 bits per heavy atom. The average Bonchev–Trinajstić information content (AvgIpc) is 2.99. The maximum Gasteiger partial charge on any atom is 0.239 e. The quantitative estimate of drug-likeness (QED) is 0.853. The Balaban J connectivity index is 1.76. The lowest BCUT2D eigenvalue weighted by Crippen LogP contribution is -2.37. The number of benzene rings is 1. The van der Waals surface area contributed by atoms with Crippen LogP contribution in [-0.4, -0.2) is 23.5 Å². The van der Waals surface area contributed by atoms with Crippen molar-refractivity contribution in [1.29, 1.82) is 0 Å². The van der Waals surface area contributed by atoms with Gasteiger partial charge in [-0.3, -0.25) is 9.59 Å². The highest BCUT2D eigenvalue weighted by Crippen LogP contribution is 2.18. The largest absolute Gasteiger partial charge is 0.359 e. The highest BCUT2D eigenvalue weighted by molar-refractivity contribution is 5.84. The molecule has 0 bridgehead atoms. The summed E-state index contributed by atoms with van der Waals surface area (Å²) in [6.45, 7) is 6.10. The SMILES string of the molecule is CC(C)(C)CC(=O)NCC(=O)NCc1cc(-c2ccccc2)no1. The third kappa shape index (κ3) is 5.87. The van der Waals surface area contributed by atoms with Gasteiger partial charge in [0.2, 0.25) is 11.8 Å². The number of carbonyl (C=O) groups excluding carboxylic acids is 2. The molecule has 6 nitrogen and oxygen atoms in total. The van der Waals surface area contributed by atoms with Gasteiger partial charge in [0.15, 0.2) is 5.76 Å². The summed E-state index contributed by atoms with van der Waals surface area (Å²) in [5, 5.41) is 9.29. The second-order valence-electron chi connectivity index (χ2n) is 6.84. The van der Waals surface area contributed by atoms with Gasteiger partial charge in [0.1, 0.15) is 5.69 Å². The Hall–Kier alpha value is -2.63. The second-order valence-corrected chi connectivity index (χ2v) is 6.84. The predicted molar refractivity (Wildman–Crippen MR) is 90.9 cm³/mol. The average molecular weight is 329 g/mol. The van der Waals surface area contributed by atoms with E-state index in [0.717, 1.165) is 11.3 Å². The first-order valence-corrected chi connectivity index (χ1v) is 7.88. The van der Waals surface area contributed by atoms with Crippen LogP contribution in [0, 0.1) is 5.41 Å². The molecule has 24 heavy (non-hydrogen) atoms. The van der Waals surface area contributed by atoms with Crippen molar-refractivity contribution in [3.8, 4) is 11.3 Å². The zero-order valence-corrected chi connectivity index (χ0v) is 14.3. The van der Waals surface area contributed by atoms with Crippen LogP contribution in [0.25, 0.3) is 11.3 Å². The zero-order chi connectivity index (χ0) is 17.6. The van der Waals surface area contributed by atoms with E-state index in [2.05, 4.69) is 15.8 Å².